The second-order valence-electron chi connectivity index (χ2n) is 8.66. The Morgan fingerprint density at radius 1 is 1.03 bits per heavy atom. The van der Waals surface area contributed by atoms with Gasteiger partial charge in [-0.1, -0.05) is 49.7 Å². The maximum absolute atomic E-state index is 13.3. The SMILES string of the molecule is Cc1nccn1Cc1ccc(-c2cc(CC(C)C)ccc2S(=O)(=O)Nc2ccccn2)cc1Cl. The third-order valence-corrected chi connectivity index (χ3v) is 7.27. The van der Waals surface area contributed by atoms with Crippen molar-refractivity contribution in [2.75, 3.05) is 4.72 Å². The van der Waals surface area contributed by atoms with Gasteiger partial charge in [0, 0.05) is 29.2 Å². The zero-order valence-corrected chi connectivity index (χ0v) is 20.9. The summed E-state index contributed by atoms with van der Waals surface area (Å²) in [7, 11) is -3.87. The lowest BCUT2D eigenvalue weighted by Crippen LogP contribution is -2.15. The summed E-state index contributed by atoms with van der Waals surface area (Å²) in [6.07, 6.45) is 6.05. The molecule has 4 rings (SSSR count). The lowest BCUT2D eigenvalue weighted by atomic mass is 9.97. The van der Waals surface area contributed by atoms with Crippen LogP contribution in [-0.4, -0.2) is 23.0 Å². The molecule has 2 aromatic carbocycles. The van der Waals surface area contributed by atoms with Crippen molar-refractivity contribution in [3.63, 3.8) is 0 Å². The van der Waals surface area contributed by atoms with Gasteiger partial charge in [0.15, 0.2) is 0 Å². The van der Waals surface area contributed by atoms with Crippen LogP contribution in [0.5, 0.6) is 0 Å². The minimum Gasteiger partial charge on any atom is -0.331 e. The molecule has 2 heterocycles. The molecule has 1 N–H and O–H groups in total. The van der Waals surface area contributed by atoms with Crippen LogP contribution in [0.2, 0.25) is 5.02 Å². The number of pyridine rings is 1. The summed E-state index contributed by atoms with van der Waals surface area (Å²) in [6, 6.07) is 16.3. The van der Waals surface area contributed by atoms with Gasteiger partial charge in [-0.2, -0.15) is 0 Å². The lowest BCUT2D eigenvalue weighted by Gasteiger charge is -2.16. The van der Waals surface area contributed by atoms with E-state index in [2.05, 4.69) is 28.5 Å². The molecule has 0 aliphatic rings. The van der Waals surface area contributed by atoms with E-state index in [0.717, 1.165) is 28.9 Å². The molecule has 0 aliphatic carbocycles. The number of nitrogens with one attached hydrogen (secondary N) is 1. The fourth-order valence-electron chi connectivity index (χ4n) is 3.85. The van der Waals surface area contributed by atoms with Crippen LogP contribution in [0.3, 0.4) is 0 Å². The summed E-state index contributed by atoms with van der Waals surface area (Å²) in [4.78, 5) is 8.53. The van der Waals surface area contributed by atoms with E-state index in [1.807, 2.05) is 48.0 Å². The highest BCUT2D eigenvalue weighted by Gasteiger charge is 2.21. The van der Waals surface area contributed by atoms with Crippen LogP contribution in [0.4, 0.5) is 5.82 Å². The summed E-state index contributed by atoms with van der Waals surface area (Å²) in [6.45, 7) is 6.80. The van der Waals surface area contributed by atoms with E-state index in [1.54, 1.807) is 36.7 Å². The van der Waals surface area contributed by atoms with Gasteiger partial charge in [0.2, 0.25) is 0 Å². The van der Waals surface area contributed by atoms with E-state index in [4.69, 9.17) is 11.6 Å². The van der Waals surface area contributed by atoms with E-state index in [0.29, 0.717) is 23.0 Å². The smallest absolute Gasteiger partial charge is 0.263 e. The molecule has 0 saturated heterocycles. The number of aryl methyl sites for hydroxylation is 1. The van der Waals surface area contributed by atoms with E-state index in [9.17, 15) is 8.42 Å². The largest absolute Gasteiger partial charge is 0.331 e. The van der Waals surface area contributed by atoms with Gasteiger partial charge in [-0.05, 0) is 66.3 Å². The number of halogens is 1. The minimum absolute atomic E-state index is 0.180. The quantitative estimate of drug-likeness (QED) is 0.328. The number of anilines is 1. The molecule has 0 amide bonds. The summed E-state index contributed by atoms with van der Waals surface area (Å²) < 4.78 is 31.3. The fraction of sp³-hybridized carbons (Fsp3) is 0.231. The summed E-state index contributed by atoms with van der Waals surface area (Å²) >= 11 is 6.66. The second-order valence-corrected chi connectivity index (χ2v) is 10.7. The molecule has 2 aromatic heterocycles. The Labute approximate surface area is 205 Å². The van der Waals surface area contributed by atoms with Crippen LogP contribution in [0.1, 0.15) is 30.8 Å². The van der Waals surface area contributed by atoms with Crippen molar-refractivity contribution in [1.82, 2.24) is 14.5 Å². The Balaban J connectivity index is 1.76. The van der Waals surface area contributed by atoms with Gasteiger partial charge in [0.1, 0.15) is 11.6 Å². The molecule has 0 bridgehead atoms. The molecule has 0 fully saturated rings. The molecule has 6 nitrogen and oxygen atoms in total. The average molecular weight is 495 g/mol. The number of nitrogens with zero attached hydrogens (tertiary/aromatic N) is 3. The molecular weight excluding hydrogens is 468 g/mol. The highest BCUT2D eigenvalue weighted by Crippen LogP contribution is 2.33. The van der Waals surface area contributed by atoms with Gasteiger partial charge < -0.3 is 4.57 Å². The van der Waals surface area contributed by atoms with Gasteiger partial charge in [-0.3, -0.25) is 4.72 Å². The first kappa shape index (κ1) is 24.0. The van der Waals surface area contributed by atoms with Crippen molar-refractivity contribution in [2.45, 2.75) is 38.6 Å². The van der Waals surface area contributed by atoms with Crippen molar-refractivity contribution in [1.29, 1.82) is 0 Å². The zero-order chi connectivity index (χ0) is 24.3. The second kappa shape index (κ2) is 9.99. The molecular formula is C26H27ClN4O2S. The highest BCUT2D eigenvalue weighted by atomic mass is 35.5. The Kier molecular flexibility index (Phi) is 7.05. The number of hydrogen-bond donors (Lipinski definition) is 1. The molecule has 8 heteroatoms. The Morgan fingerprint density at radius 3 is 2.50 bits per heavy atom. The predicted octanol–water partition coefficient (Wildman–Crippen LogP) is 5.95. The molecule has 0 atom stereocenters. The Morgan fingerprint density at radius 2 is 1.85 bits per heavy atom. The molecule has 176 valence electrons. The standard InChI is InChI=1S/C26H27ClN4O2S/c1-18(2)14-20-7-10-25(34(32,33)30-26-6-4-5-11-29-26)23(15-20)21-8-9-22(24(27)16-21)17-31-13-12-28-19(31)3/h4-13,15-16,18H,14,17H2,1-3H3,(H,29,30). The summed E-state index contributed by atoms with van der Waals surface area (Å²) in [5.74, 6) is 1.60. The highest BCUT2D eigenvalue weighted by molar-refractivity contribution is 7.92. The van der Waals surface area contributed by atoms with Crippen LogP contribution in [-0.2, 0) is 23.0 Å². The molecule has 0 unspecified atom stereocenters. The first-order chi connectivity index (χ1) is 16.2. The number of benzene rings is 2. The number of hydrogen-bond acceptors (Lipinski definition) is 4. The maximum atomic E-state index is 13.3. The first-order valence-corrected chi connectivity index (χ1v) is 12.9. The van der Waals surface area contributed by atoms with E-state index < -0.39 is 10.0 Å². The Bertz CT molecular complexity index is 1400. The Hall–Kier alpha value is -3.16. The third-order valence-electron chi connectivity index (χ3n) is 5.51. The van der Waals surface area contributed by atoms with Gasteiger partial charge >= 0.3 is 0 Å². The normalized spacial score (nSPS) is 11.7. The van der Waals surface area contributed by atoms with Gasteiger partial charge in [-0.15, -0.1) is 0 Å². The van der Waals surface area contributed by atoms with Gasteiger partial charge in [-0.25, -0.2) is 18.4 Å². The average Bonchev–Trinajstić information content (AvgIpc) is 3.19. The van der Waals surface area contributed by atoms with Crippen LogP contribution >= 0.6 is 11.6 Å². The molecule has 0 spiro atoms. The van der Waals surface area contributed by atoms with E-state index in [-0.39, 0.29) is 10.7 Å². The topological polar surface area (TPSA) is 76.9 Å². The number of aromatic nitrogens is 3. The van der Waals surface area contributed by atoms with E-state index >= 15 is 0 Å². The van der Waals surface area contributed by atoms with E-state index in [1.165, 1.54) is 0 Å². The minimum atomic E-state index is -3.87. The summed E-state index contributed by atoms with van der Waals surface area (Å²) in [5.41, 5.74) is 3.34. The fourth-order valence-corrected chi connectivity index (χ4v) is 5.31. The van der Waals surface area contributed by atoms with Crippen molar-refractivity contribution in [3.05, 3.63) is 95.2 Å². The molecule has 0 saturated carbocycles. The third kappa shape index (κ3) is 5.48. The molecule has 34 heavy (non-hydrogen) atoms. The molecule has 0 aliphatic heterocycles. The molecule has 4 aromatic rings. The zero-order valence-electron chi connectivity index (χ0n) is 19.4. The van der Waals surface area contributed by atoms with Crippen LogP contribution in [0.25, 0.3) is 11.1 Å². The first-order valence-electron chi connectivity index (χ1n) is 11.1. The van der Waals surface area contributed by atoms with Crippen LogP contribution in [0.15, 0.2) is 78.1 Å². The monoisotopic (exact) mass is 494 g/mol. The number of sulfonamides is 1. The maximum Gasteiger partial charge on any atom is 0.263 e. The molecule has 0 radical (unpaired) electrons. The number of imidazole rings is 1. The van der Waals surface area contributed by atoms with Crippen molar-refractivity contribution in [2.24, 2.45) is 5.92 Å². The van der Waals surface area contributed by atoms with Crippen LogP contribution in [0, 0.1) is 12.8 Å². The van der Waals surface area contributed by atoms with Gasteiger partial charge in [0.25, 0.3) is 10.0 Å². The van der Waals surface area contributed by atoms with Gasteiger partial charge in [0.05, 0.1) is 11.4 Å². The summed E-state index contributed by atoms with van der Waals surface area (Å²) in [5, 5.41) is 0.570. The van der Waals surface area contributed by atoms with Crippen molar-refractivity contribution < 1.29 is 8.42 Å². The predicted molar refractivity (Wildman–Crippen MR) is 137 cm³/mol. The lowest BCUT2D eigenvalue weighted by molar-refractivity contribution is 0.601. The van der Waals surface area contributed by atoms with Crippen molar-refractivity contribution in [3.8, 4) is 11.1 Å². The number of rotatable bonds is 8. The van der Waals surface area contributed by atoms with Crippen molar-refractivity contribution >= 4 is 27.4 Å². The van der Waals surface area contributed by atoms with Crippen LogP contribution < -0.4 is 4.72 Å².